The van der Waals surface area contributed by atoms with E-state index in [0.717, 1.165) is 12.8 Å². The summed E-state index contributed by atoms with van der Waals surface area (Å²) in [6.07, 6.45) is 6.26. The first-order valence-corrected chi connectivity index (χ1v) is 3.08. The van der Waals surface area contributed by atoms with E-state index in [0.29, 0.717) is 5.56 Å². The Labute approximate surface area is 59.8 Å². The largest absolute Gasteiger partial charge is 0.350 e. The molecule has 52 valence electrons. The van der Waals surface area contributed by atoms with Crippen molar-refractivity contribution in [3.8, 4) is 0 Å². The number of aldehydes is 1. The molecule has 1 heterocycles. The van der Waals surface area contributed by atoms with Gasteiger partial charge in [0.15, 0.2) is 6.29 Å². The fraction of sp³-hybridized carbons (Fsp3) is 0.125. The molecule has 0 amide bonds. The van der Waals surface area contributed by atoms with Gasteiger partial charge in [-0.05, 0) is 6.07 Å². The minimum Gasteiger partial charge on any atom is -0.350 e. The van der Waals surface area contributed by atoms with Gasteiger partial charge in [-0.15, -0.1) is 6.58 Å². The maximum atomic E-state index is 10.2. The molecule has 10 heavy (non-hydrogen) atoms. The Morgan fingerprint density at radius 2 is 2.50 bits per heavy atom. The average molecular weight is 135 g/mol. The summed E-state index contributed by atoms with van der Waals surface area (Å²) < 4.78 is 1.90. The maximum Gasteiger partial charge on any atom is 0.151 e. The van der Waals surface area contributed by atoms with Crippen molar-refractivity contribution in [1.82, 2.24) is 4.57 Å². The van der Waals surface area contributed by atoms with Gasteiger partial charge in [-0.2, -0.15) is 0 Å². The fourth-order valence-electron chi connectivity index (χ4n) is 0.792. The second kappa shape index (κ2) is 3.01. The van der Waals surface area contributed by atoms with Crippen molar-refractivity contribution in [2.45, 2.75) is 6.54 Å². The second-order valence-corrected chi connectivity index (χ2v) is 2.05. The minimum atomic E-state index is 0.710. The van der Waals surface area contributed by atoms with Crippen LogP contribution in [0.1, 0.15) is 10.4 Å². The van der Waals surface area contributed by atoms with Crippen molar-refractivity contribution in [2.24, 2.45) is 0 Å². The summed E-state index contributed by atoms with van der Waals surface area (Å²) in [6, 6.07) is 1.77. The molecule has 0 aliphatic carbocycles. The van der Waals surface area contributed by atoms with Crippen LogP contribution >= 0.6 is 0 Å². The van der Waals surface area contributed by atoms with Gasteiger partial charge in [0.2, 0.25) is 0 Å². The van der Waals surface area contributed by atoms with Gasteiger partial charge in [0.25, 0.3) is 0 Å². The Balaban J connectivity index is 2.77. The van der Waals surface area contributed by atoms with Crippen molar-refractivity contribution in [1.29, 1.82) is 0 Å². The first-order valence-electron chi connectivity index (χ1n) is 3.08. The third kappa shape index (κ3) is 1.35. The van der Waals surface area contributed by atoms with Crippen molar-refractivity contribution in [3.63, 3.8) is 0 Å². The highest BCUT2D eigenvalue weighted by Gasteiger charge is 1.90. The minimum absolute atomic E-state index is 0.710. The van der Waals surface area contributed by atoms with Crippen LogP contribution in [-0.4, -0.2) is 10.9 Å². The molecule has 0 spiro atoms. The number of hydrogen-bond donors (Lipinski definition) is 0. The molecule has 1 rings (SSSR count). The van der Waals surface area contributed by atoms with Crippen LogP contribution in [0.4, 0.5) is 0 Å². The highest BCUT2D eigenvalue weighted by molar-refractivity contribution is 5.74. The van der Waals surface area contributed by atoms with Crippen LogP contribution in [0.25, 0.3) is 0 Å². The maximum absolute atomic E-state index is 10.2. The van der Waals surface area contributed by atoms with Crippen molar-refractivity contribution >= 4 is 6.29 Å². The van der Waals surface area contributed by atoms with E-state index in [1.807, 2.05) is 10.8 Å². The highest BCUT2D eigenvalue weighted by atomic mass is 16.1. The number of allylic oxidation sites excluding steroid dienone is 1. The smallest absolute Gasteiger partial charge is 0.151 e. The molecule has 1 aromatic heterocycles. The summed E-state index contributed by atoms with van der Waals surface area (Å²) in [4.78, 5) is 10.2. The lowest BCUT2D eigenvalue weighted by atomic mass is 10.4. The Hall–Kier alpha value is -1.31. The zero-order valence-electron chi connectivity index (χ0n) is 5.66. The molecule has 0 saturated heterocycles. The van der Waals surface area contributed by atoms with Crippen LogP contribution in [0.3, 0.4) is 0 Å². The summed E-state index contributed by atoms with van der Waals surface area (Å²) in [5.41, 5.74) is 0.710. The lowest BCUT2D eigenvalue weighted by molar-refractivity contribution is 0.112. The third-order valence-corrected chi connectivity index (χ3v) is 1.25. The Kier molecular flexibility index (Phi) is 2.05. The first-order chi connectivity index (χ1) is 4.86. The number of hydrogen-bond acceptors (Lipinski definition) is 1. The molecule has 0 unspecified atom stereocenters. The van der Waals surface area contributed by atoms with Gasteiger partial charge in [0.05, 0.1) is 0 Å². The van der Waals surface area contributed by atoms with Crippen molar-refractivity contribution < 1.29 is 4.79 Å². The average Bonchev–Trinajstić information content (AvgIpc) is 2.37. The molecular weight excluding hydrogens is 126 g/mol. The van der Waals surface area contributed by atoms with Crippen LogP contribution in [0, 0.1) is 0 Å². The van der Waals surface area contributed by atoms with Crippen LogP contribution in [-0.2, 0) is 6.54 Å². The number of nitrogens with zero attached hydrogens (tertiary/aromatic N) is 1. The molecule has 2 heteroatoms. The van der Waals surface area contributed by atoms with E-state index < -0.39 is 0 Å². The number of aromatic nitrogens is 1. The fourth-order valence-corrected chi connectivity index (χ4v) is 0.792. The quantitative estimate of drug-likeness (QED) is 0.454. The van der Waals surface area contributed by atoms with Crippen LogP contribution < -0.4 is 0 Å². The molecule has 0 fully saturated rings. The topological polar surface area (TPSA) is 22.0 Å². The number of rotatable bonds is 3. The van der Waals surface area contributed by atoms with Crippen molar-refractivity contribution in [2.75, 3.05) is 0 Å². The first kappa shape index (κ1) is 6.81. The van der Waals surface area contributed by atoms with Gasteiger partial charge in [-0.1, -0.05) is 6.08 Å². The van der Waals surface area contributed by atoms with Gasteiger partial charge < -0.3 is 4.57 Å². The normalized spacial score (nSPS) is 9.20. The second-order valence-electron chi connectivity index (χ2n) is 2.05. The lowest BCUT2D eigenvalue weighted by Gasteiger charge is -1.92. The van der Waals surface area contributed by atoms with E-state index >= 15 is 0 Å². The van der Waals surface area contributed by atoms with Crippen LogP contribution in [0.2, 0.25) is 0 Å². The zero-order chi connectivity index (χ0) is 7.40. The van der Waals surface area contributed by atoms with Gasteiger partial charge in [0.1, 0.15) is 0 Å². The highest BCUT2D eigenvalue weighted by Crippen LogP contribution is 1.96. The summed E-state index contributed by atoms with van der Waals surface area (Å²) in [7, 11) is 0. The number of carbonyl (C=O) groups excluding carboxylic acids is 1. The molecule has 0 aromatic carbocycles. The van der Waals surface area contributed by atoms with Gasteiger partial charge in [-0.25, -0.2) is 0 Å². The van der Waals surface area contributed by atoms with Gasteiger partial charge in [0, 0.05) is 24.5 Å². The molecule has 0 radical (unpaired) electrons. The standard InChI is InChI=1S/C8H9NO/c1-2-4-9-5-3-8(6-9)7-10/h2-3,5-7H,1,4H2. The third-order valence-electron chi connectivity index (χ3n) is 1.25. The van der Waals surface area contributed by atoms with Gasteiger partial charge in [-0.3, -0.25) is 4.79 Å². The predicted molar refractivity (Wildman–Crippen MR) is 40.0 cm³/mol. The van der Waals surface area contributed by atoms with E-state index in [-0.39, 0.29) is 0 Å². The molecule has 0 atom stereocenters. The Morgan fingerprint density at radius 1 is 1.70 bits per heavy atom. The summed E-state index contributed by atoms with van der Waals surface area (Å²) >= 11 is 0. The molecule has 0 saturated carbocycles. The van der Waals surface area contributed by atoms with Crippen LogP contribution in [0.15, 0.2) is 31.1 Å². The zero-order valence-corrected chi connectivity index (χ0v) is 5.66. The SMILES string of the molecule is C=CCn1ccc(C=O)c1. The van der Waals surface area contributed by atoms with Gasteiger partial charge >= 0.3 is 0 Å². The Morgan fingerprint density at radius 3 is 3.00 bits per heavy atom. The van der Waals surface area contributed by atoms with E-state index in [2.05, 4.69) is 6.58 Å². The summed E-state index contributed by atoms with van der Waals surface area (Å²) in [5.74, 6) is 0. The van der Waals surface area contributed by atoms with E-state index in [1.54, 1.807) is 18.3 Å². The lowest BCUT2D eigenvalue weighted by Crippen LogP contribution is -1.88. The van der Waals surface area contributed by atoms with Crippen LogP contribution in [0.5, 0.6) is 0 Å². The van der Waals surface area contributed by atoms with E-state index in [9.17, 15) is 4.79 Å². The molecule has 0 N–H and O–H groups in total. The predicted octanol–water partition coefficient (Wildman–Crippen LogP) is 1.49. The molecule has 2 nitrogen and oxygen atoms in total. The van der Waals surface area contributed by atoms with Crippen molar-refractivity contribution in [3.05, 3.63) is 36.7 Å². The molecule has 0 bridgehead atoms. The monoisotopic (exact) mass is 135 g/mol. The summed E-state index contributed by atoms with van der Waals surface area (Å²) in [5, 5.41) is 0. The number of carbonyl (C=O) groups is 1. The van der Waals surface area contributed by atoms with E-state index in [1.165, 1.54) is 0 Å². The molecule has 1 aromatic rings. The molecular formula is C8H9NO. The summed E-state index contributed by atoms with van der Waals surface area (Å²) in [6.45, 7) is 4.34. The van der Waals surface area contributed by atoms with E-state index in [4.69, 9.17) is 0 Å². The molecule has 0 aliphatic rings. The Bertz CT molecular complexity index is 237. The molecule has 0 aliphatic heterocycles.